The van der Waals surface area contributed by atoms with Crippen molar-refractivity contribution in [3.05, 3.63) is 36.4 Å². The largest absolute Gasteiger partial charge is 0.370 e. The van der Waals surface area contributed by atoms with E-state index in [-0.39, 0.29) is 23.1 Å². The predicted molar refractivity (Wildman–Crippen MR) is 119 cm³/mol. The molecule has 1 atom stereocenters. The van der Waals surface area contributed by atoms with Crippen molar-refractivity contribution in [2.45, 2.75) is 29.1 Å². The molecule has 0 aliphatic heterocycles. The van der Waals surface area contributed by atoms with Gasteiger partial charge in [0.05, 0.1) is 15.1 Å². The quantitative estimate of drug-likeness (QED) is 0.383. The molecule has 1 unspecified atom stereocenters. The monoisotopic (exact) mass is 466 g/mol. The first-order valence-corrected chi connectivity index (χ1v) is 12.6. The maximum Gasteiger partial charge on any atom is 0.238 e. The smallest absolute Gasteiger partial charge is 0.238 e. The molecule has 3 rings (SSSR count). The highest BCUT2D eigenvalue weighted by atomic mass is 32.2. The number of aromatic nitrogens is 3. The summed E-state index contributed by atoms with van der Waals surface area (Å²) >= 11 is 2.90. The topological polar surface area (TPSA) is 154 Å². The van der Waals surface area contributed by atoms with Gasteiger partial charge in [0.15, 0.2) is 5.13 Å². The summed E-state index contributed by atoms with van der Waals surface area (Å²) in [4.78, 5) is 25.6. The Labute approximate surface area is 182 Å². The number of primary amides is 1. The summed E-state index contributed by atoms with van der Waals surface area (Å²) in [5.41, 5.74) is 6.08. The summed E-state index contributed by atoms with van der Waals surface area (Å²) in [7, 11) is -3.77. The Balaban J connectivity index is 1.65. The zero-order valence-corrected chi connectivity index (χ0v) is 18.7. The van der Waals surface area contributed by atoms with Crippen molar-refractivity contribution in [2.24, 2.45) is 16.8 Å². The van der Waals surface area contributed by atoms with E-state index in [2.05, 4.69) is 20.3 Å². The lowest BCUT2D eigenvalue weighted by atomic mass is 9.99. The summed E-state index contributed by atoms with van der Waals surface area (Å²) in [6, 6.07) is 4.55. The Hall–Kier alpha value is -2.28. The molecule has 2 heterocycles. The zero-order valence-electron chi connectivity index (χ0n) is 16.2. The van der Waals surface area contributed by atoms with Gasteiger partial charge < -0.3 is 11.1 Å². The van der Waals surface area contributed by atoms with Gasteiger partial charge in [0.1, 0.15) is 5.82 Å². The summed E-state index contributed by atoms with van der Waals surface area (Å²) in [5.74, 6) is 0.332. The standard InChI is InChI=1S/C18H22N6O3S3/c1-28-12-9-21-17(22-10-12)5-2-11(6-16(19)25)8-23-18-24-14-4-3-13(30(20,26)27)7-15(14)29-18/h3-4,7,9-11H,2,5-6,8H2,1H3,(H2,19,25)(H,23,24)(H2,20,26,27). The predicted octanol–water partition coefficient (Wildman–Crippen LogP) is 1.99. The molecule has 12 heteroatoms. The number of rotatable bonds is 10. The maximum absolute atomic E-state index is 11.5. The van der Waals surface area contributed by atoms with Crippen molar-refractivity contribution >= 4 is 54.4 Å². The highest BCUT2D eigenvalue weighted by Gasteiger charge is 2.15. The van der Waals surface area contributed by atoms with Crippen molar-refractivity contribution < 1.29 is 13.2 Å². The van der Waals surface area contributed by atoms with Gasteiger partial charge in [-0.2, -0.15) is 0 Å². The fourth-order valence-electron chi connectivity index (χ4n) is 2.86. The lowest BCUT2D eigenvalue weighted by Crippen LogP contribution is -2.23. The van der Waals surface area contributed by atoms with E-state index < -0.39 is 10.0 Å². The van der Waals surface area contributed by atoms with Gasteiger partial charge in [0.2, 0.25) is 15.9 Å². The molecule has 3 aromatic rings. The molecule has 0 aliphatic carbocycles. The van der Waals surface area contributed by atoms with Crippen molar-refractivity contribution in [3.8, 4) is 0 Å². The fourth-order valence-corrected chi connectivity index (χ4v) is 4.70. The number of carbonyl (C=O) groups is 1. The molecule has 160 valence electrons. The molecule has 9 nitrogen and oxygen atoms in total. The number of amides is 1. The second kappa shape index (κ2) is 9.69. The van der Waals surface area contributed by atoms with Crippen molar-refractivity contribution in [3.63, 3.8) is 0 Å². The van der Waals surface area contributed by atoms with Gasteiger partial charge in [-0.1, -0.05) is 11.3 Å². The van der Waals surface area contributed by atoms with Crippen LogP contribution in [-0.2, 0) is 21.2 Å². The van der Waals surface area contributed by atoms with Gasteiger partial charge in [-0.05, 0) is 36.8 Å². The molecule has 0 spiro atoms. The van der Waals surface area contributed by atoms with Crippen LogP contribution in [0.2, 0.25) is 0 Å². The third-order valence-electron chi connectivity index (χ3n) is 4.41. The molecular weight excluding hydrogens is 444 g/mol. The normalized spacial score (nSPS) is 12.7. The van der Waals surface area contributed by atoms with Crippen LogP contribution in [0, 0.1) is 5.92 Å². The molecule has 1 amide bonds. The molecule has 0 saturated heterocycles. The highest BCUT2D eigenvalue weighted by Crippen LogP contribution is 2.28. The summed E-state index contributed by atoms with van der Waals surface area (Å²) < 4.78 is 23.7. The van der Waals surface area contributed by atoms with E-state index in [0.717, 1.165) is 10.7 Å². The first-order valence-electron chi connectivity index (χ1n) is 9.05. The number of aryl methyl sites for hydroxylation is 1. The highest BCUT2D eigenvalue weighted by molar-refractivity contribution is 7.98. The average Bonchev–Trinajstić information content (AvgIpc) is 3.11. The third-order valence-corrected chi connectivity index (χ3v) is 6.98. The summed E-state index contributed by atoms with van der Waals surface area (Å²) in [5, 5.41) is 9.04. The number of sulfonamides is 1. The second-order valence-corrected chi connectivity index (χ2v) is 10.2. The molecular formula is C18H22N6O3S3. The molecule has 1 aromatic carbocycles. The number of carbonyl (C=O) groups excluding carboxylic acids is 1. The molecule has 0 fully saturated rings. The minimum Gasteiger partial charge on any atom is -0.370 e. The van der Waals surface area contributed by atoms with Gasteiger partial charge in [-0.25, -0.2) is 28.5 Å². The fraction of sp³-hybridized carbons (Fsp3) is 0.333. The number of hydrogen-bond donors (Lipinski definition) is 3. The van der Waals surface area contributed by atoms with Crippen LogP contribution in [0.25, 0.3) is 10.2 Å². The minimum absolute atomic E-state index is 0.0154. The Morgan fingerprint density at radius 2 is 2.03 bits per heavy atom. The van der Waals surface area contributed by atoms with E-state index in [1.807, 2.05) is 6.26 Å². The number of anilines is 1. The second-order valence-electron chi connectivity index (χ2n) is 6.69. The first kappa shape index (κ1) is 22.4. The van der Waals surface area contributed by atoms with Crippen LogP contribution < -0.4 is 16.2 Å². The van der Waals surface area contributed by atoms with Crippen LogP contribution in [0.1, 0.15) is 18.7 Å². The van der Waals surface area contributed by atoms with Crippen LogP contribution in [0.4, 0.5) is 5.13 Å². The Morgan fingerprint density at radius 3 is 2.67 bits per heavy atom. The minimum atomic E-state index is -3.77. The zero-order chi connectivity index (χ0) is 21.7. The number of nitrogens with two attached hydrogens (primary N) is 2. The summed E-state index contributed by atoms with van der Waals surface area (Å²) in [6.07, 6.45) is 7.08. The van der Waals surface area contributed by atoms with E-state index >= 15 is 0 Å². The number of primary sulfonamides is 1. The number of nitrogens with one attached hydrogen (secondary N) is 1. The van der Waals surface area contributed by atoms with E-state index in [0.29, 0.717) is 34.7 Å². The van der Waals surface area contributed by atoms with Crippen LogP contribution in [0.5, 0.6) is 0 Å². The van der Waals surface area contributed by atoms with Crippen LogP contribution in [0.3, 0.4) is 0 Å². The van der Waals surface area contributed by atoms with E-state index in [1.165, 1.54) is 23.5 Å². The molecule has 0 bridgehead atoms. The molecule has 5 N–H and O–H groups in total. The number of fused-ring (bicyclic) bond motifs is 1. The van der Waals surface area contributed by atoms with Gasteiger partial charge in [0.25, 0.3) is 0 Å². The Kier molecular flexibility index (Phi) is 7.23. The van der Waals surface area contributed by atoms with Crippen LogP contribution >= 0.6 is 23.1 Å². The first-order chi connectivity index (χ1) is 14.2. The van der Waals surface area contributed by atoms with E-state index in [9.17, 15) is 13.2 Å². The maximum atomic E-state index is 11.5. The van der Waals surface area contributed by atoms with Crippen LogP contribution in [-0.4, -0.2) is 42.1 Å². The van der Waals surface area contributed by atoms with Gasteiger partial charge in [-0.3, -0.25) is 4.79 Å². The van der Waals surface area contributed by atoms with Gasteiger partial charge in [0, 0.05) is 36.7 Å². The lowest BCUT2D eigenvalue weighted by molar-refractivity contribution is -0.118. The molecule has 0 aliphatic rings. The number of hydrogen-bond acceptors (Lipinski definition) is 9. The number of benzene rings is 1. The number of nitrogens with zero attached hydrogens (tertiary/aromatic N) is 3. The molecule has 0 radical (unpaired) electrons. The van der Waals surface area contributed by atoms with Crippen LogP contribution in [0.15, 0.2) is 40.4 Å². The van der Waals surface area contributed by atoms with Gasteiger partial charge >= 0.3 is 0 Å². The number of thiazole rings is 1. The third kappa shape index (κ3) is 6.11. The van der Waals surface area contributed by atoms with Crippen molar-refractivity contribution in [2.75, 3.05) is 18.1 Å². The lowest BCUT2D eigenvalue weighted by Gasteiger charge is -2.15. The molecule has 0 saturated carbocycles. The van der Waals surface area contributed by atoms with Gasteiger partial charge in [-0.15, -0.1) is 11.8 Å². The Morgan fingerprint density at radius 1 is 1.30 bits per heavy atom. The molecule has 30 heavy (non-hydrogen) atoms. The number of thioether (sulfide) groups is 1. The van der Waals surface area contributed by atoms with Crippen molar-refractivity contribution in [1.29, 1.82) is 0 Å². The molecule has 2 aromatic heterocycles. The average molecular weight is 467 g/mol. The SMILES string of the molecule is CSc1cnc(CCC(CNc2nc3ccc(S(N)(=O)=O)cc3s2)CC(N)=O)nc1. The Bertz CT molecular complexity index is 1130. The van der Waals surface area contributed by atoms with E-state index in [4.69, 9.17) is 10.9 Å². The van der Waals surface area contributed by atoms with E-state index in [1.54, 1.807) is 30.2 Å². The van der Waals surface area contributed by atoms with Crippen molar-refractivity contribution in [1.82, 2.24) is 15.0 Å². The summed E-state index contributed by atoms with van der Waals surface area (Å²) in [6.45, 7) is 0.494.